The summed E-state index contributed by atoms with van der Waals surface area (Å²) in [5, 5.41) is 16.5. The first kappa shape index (κ1) is 10.0. The smallest absolute Gasteiger partial charge is 0.211 e. The van der Waals surface area contributed by atoms with Gasteiger partial charge in [0.1, 0.15) is 5.75 Å². The molecule has 0 amide bonds. The van der Waals surface area contributed by atoms with Gasteiger partial charge in [-0.3, -0.25) is 0 Å². The highest BCUT2D eigenvalue weighted by Gasteiger charge is 1.97. The molecule has 0 aliphatic carbocycles. The van der Waals surface area contributed by atoms with Gasteiger partial charge in [-0.15, -0.1) is 5.10 Å². The molecule has 0 aromatic heterocycles. The van der Waals surface area contributed by atoms with Gasteiger partial charge >= 0.3 is 0 Å². The van der Waals surface area contributed by atoms with Gasteiger partial charge in [0.05, 0.1) is 5.71 Å². The molecule has 5 N–H and O–H groups in total. The van der Waals surface area contributed by atoms with E-state index >= 15 is 0 Å². The van der Waals surface area contributed by atoms with Gasteiger partial charge in [0, 0.05) is 5.56 Å². The van der Waals surface area contributed by atoms with E-state index in [2.05, 4.69) is 10.2 Å². The van der Waals surface area contributed by atoms with Gasteiger partial charge in [0.25, 0.3) is 0 Å². The van der Waals surface area contributed by atoms with Crippen LogP contribution in [-0.4, -0.2) is 16.8 Å². The van der Waals surface area contributed by atoms with E-state index in [9.17, 15) is 5.11 Å². The zero-order chi connectivity index (χ0) is 10.6. The topological polar surface area (TPSA) is 97.0 Å². The van der Waals surface area contributed by atoms with Gasteiger partial charge in [-0.1, -0.05) is 12.1 Å². The van der Waals surface area contributed by atoms with Crippen LogP contribution in [0.25, 0.3) is 0 Å². The Kier molecular flexibility index (Phi) is 3.06. The fraction of sp³-hybridized carbons (Fsp3) is 0.111. The van der Waals surface area contributed by atoms with Crippen LogP contribution in [0.15, 0.2) is 34.5 Å². The molecule has 0 aliphatic heterocycles. The summed E-state index contributed by atoms with van der Waals surface area (Å²) in [6.07, 6.45) is 0. The van der Waals surface area contributed by atoms with E-state index in [1.807, 2.05) is 0 Å². The highest BCUT2D eigenvalue weighted by molar-refractivity contribution is 5.99. The van der Waals surface area contributed by atoms with Crippen LogP contribution in [0.4, 0.5) is 0 Å². The Hall–Kier alpha value is -2.04. The number of guanidine groups is 1. The van der Waals surface area contributed by atoms with Crippen molar-refractivity contribution >= 4 is 11.7 Å². The molecule has 1 aromatic rings. The van der Waals surface area contributed by atoms with Crippen molar-refractivity contribution < 1.29 is 5.11 Å². The van der Waals surface area contributed by atoms with E-state index in [-0.39, 0.29) is 11.7 Å². The lowest BCUT2D eigenvalue weighted by Gasteiger charge is -1.98. The minimum atomic E-state index is -0.0931. The largest absolute Gasteiger partial charge is 0.508 e. The Morgan fingerprint density at radius 1 is 1.29 bits per heavy atom. The number of hydrogen-bond acceptors (Lipinski definition) is 3. The summed E-state index contributed by atoms with van der Waals surface area (Å²) in [5.41, 5.74) is 11.6. The molecule has 1 aromatic carbocycles. The Bertz CT molecular complexity index is 380. The Balaban J connectivity index is 2.95. The maximum absolute atomic E-state index is 9.20. The third-order valence-corrected chi connectivity index (χ3v) is 1.58. The molecule has 14 heavy (non-hydrogen) atoms. The van der Waals surface area contributed by atoms with Crippen LogP contribution in [0, 0.1) is 0 Å². The predicted molar refractivity (Wildman–Crippen MR) is 56.1 cm³/mol. The minimum absolute atomic E-state index is 0.0931. The second kappa shape index (κ2) is 4.27. The fourth-order valence-electron chi connectivity index (χ4n) is 0.921. The van der Waals surface area contributed by atoms with Crippen molar-refractivity contribution in [2.45, 2.75) is 6.92 Å². The predicted octanol–water partition coefficient (Wildman–Crippen LogP) is 0.390. The number of nitrogens with zero attached hydrogens (tertiary/aromatic N) is 2. The van der Waals surface area contributed by atoms with Crippen molar-refractivity contribution in [3.63, 3.8) is 0 Å². The van der Waals surface area contributed by atoms with E-state index in [1.54, 1.807) is 31.2 Å². The number of phenolic OH excluding ortho intramolecular Hbond substituents is 1. The van der Waals surface area contributed by atoms with Crippen LogP contribution >= 0.6 is 0 Å². The van der Waals surface area contributed by atoms with Crippen molar-refractivity contribution in [2.24, 2.45) is 21.7 Å². The Labute approximate surface area is 81.8 Å². The summed E-state index contributed by atoms with van der Waals surface area (Å²) >= 11 is 0. The first-order valence-electron chi connectivity index (χ1n) is 4.02. The molecule has 0 aliphatic rings. The van der Waals surface area contributed by atoms with Crippen LogP contribution in [0.1, 0.15) is 12.5 Å². The number of hydrogen-bond donors (Lipinski definition) is 3. The third kappa shape index (κ3) is 2.78. The summed E-state index contributed by atoms with van der Waals surface area (Å²) in [7, 11) is 0. The van der Waals surface area contributed by atoms with E-state index in [0.717, 1.165) is 5.56 Å². The maximum atomic E-state index is 9.20. The summed E-state index contributed by atoms with van der Waals surface area (Å²) in [6, 6.07) is 6.69. The molecule has 1 rings (SSSR count). The summed E-state index contributed by atoms with van der Waals surface area (Å²) < 4.78 is 0. The zero-order valence-electron chi connectivity index (χ0n) is 7.81. The molecule has 0 saturated heterocycles. The lowest BCUT2D eigenvalue weighted by molar-refractivity contribution is 0.475. The maximum Gasteiger partial charge on any atom is 0.211 e. The zero-order valence-corrected chi connectivity index (χ0v) is 7.81. The first-order chi connectivity index (χ1) is 6.59. The van der Waals surface area contributed by atoms with Gasteiger partial charge in [0.15, 0.2) is 0 Å². The van der Waals surface area contributed by atoms with Gasteiger partial charge in [-0.05, 0) is 19.1 Å². The van der Waals surface area contributed by atoms with Gasteiger partial charge in [-0.25, -0.2) is 0 Å². The molecule has 74 valence electrons. The quantitative estimate of drug-likeness (QED) is 0.359. The van der Waals surface area contributed by atoms with E-state index in [1.165, 1.54) is 0 Å². The molecular weight excluding hydrogens is 180 g/mol. The van der Waals surface area contributed by atoms with Crippen LogP contribution in [0.5, 0.6) is 5.75 Å². The highest BCUT2D eigenvalue weighted by atomic mass is 16.3. The molecule has 0 fully saturated rings. The number of nitrogens with two attached hydrogens (primary N) is 2. The van der Waals surface area contributed by atoms with Crippen molar-refractivity contribution in [2.75, 3.05) is 0 Å². The third-order valence-electron chi connectivity index (χ3n) is 1.58. The Morgan fingerprint density at radius 2 is 2.00 bits per heavy atom. The van der Waals surface area contributed by atoms with Crippen LogP contribution in [0.3, 0.4) is 0 Å². The molecule has 0 radical (unpaired) electrons. The Morgan fingerprint density at radius 3 is 2.57 bits per heavy atom. The van der Waals surface area contributed by atoms with E-state index < -0.39 is 0 Å². The number of rotatable bonds is 2. The molecule has 0 saturated carbocycles. The number of phenols is 1. The lowest BCUT2D eigenvalue weighted by Crippen LogP contribution is -2.22. The molecule has 0 atom stereocenters. The average molecular weight is 192 g/mol. The molecule has 0 heterocycles. The second-order valence-corrected chi connectivity index (χ2v) is 2.76. The van der Waals surface area contributed by atoms with Gasteiger partial charge in [0.2, 0.25) is 5.96 Å². The van der Waals surface area contributed by atoms with E-state index in [4.69, 9.17) is 11.5 Å². The van der Waals surface area contributed by atoms with Gasteiger partial charge in [-0.2, -0.15) is 5.10 Å². The molecule has 5 nitrogen and oxygen atoms in total. The summed E-state index contributed by atoms with van der Waals surface area (Å²) in [5.74, 6) is 0.0891. The summed E-state index contributed by atoms with van der Waals surface area (Å²) in [4.78, 5) is 0. The SMILES string of the molecule is C/C(=N\N=C(N)N)c1cccc(O)c1. The first-order valence-corrected chi connectivity index (χ1v) is 4.02. The van der Waals surface area contributed by atoms with Crippen LogP contribution < -0.4 is 11.5 Å². The lowest BCUT2D eigenvalue weighted by atomic mass is 10.1. The van der Waals surface area contributed by atoms with Crippen LogP contribution in [-0.2, 0) is 0 Å². The standard InChI is InChI=1S/C9H12N4O/c1-6(12-13-9(10)11)7-3-2-4-8(14)5-7/h2-5,14H,1H3,(H4,10,11,13)/b12-6+. The van der Waals surface area contributed by atoms with Crippen LogP contribution in [0.2, 0.25) is 0 Å². The minimum Gasteiger partial charge on any atom is -0.508 e. The second-order valence-electron chi connectivity index (χ2n) is 2.76. The van der Waals surface area contributed by atoms with E-state index in [0.29, 0.717) is 5.71 Å². The van der Waals surface area contributed by atoms with Crippen molar-refractivity contribution in [1.29, 1.82) is 0 Å². The number of aromatic hydroxyl groups is 1. The molecular formula is C9H12N4O. The normalized spacial score (nSPS) is 11.1. The average Bonchev–Trinajstić information content (AvgIpc) is 2.14. The summed E-state index contributed by atoms with van der Waals surface area (Å²) in [6.45, 7) is 1.75. The van der Waals surface area contributed by atoms with Gasteiger partial charge < -0.3 is 16.6 Å². The molecule has 0 spiro atoms. The highest BCUT2D eigenvalue weighted by Crippen LogP contribution is 2.11. The van der Waals surface area contributed by atoms with Crippen molar-refractivity contribution in [3.8, 4) is 5.75 Å². The molecule has 5 heteroatoms. The molecule has 0 bridgehead atoms. The molecule has 0 unspecified atom stereocenters. The fourth-order valence-corrected chi connectivity index (χ4v) is 0.921. The monoisotopic (exact) mass is 192 g/mol. The van der Waals surface area contributed by atoms with Crippen molar-refractivity contribution in [3.05, 3.63) is 29.8 Å². The number of benzene rings is 1. The van der Waals surface area contributed by atoms with Crippen molar-refractivity contribution in [1.82, 2.24) is 0 Å².